The SMILES string of the molecule is CSc1ccccc1Oc1ncc(CN)cc1Cl. The van der Waals surface area contributed by atoms with Gasteiger partial charge < -0.3 is 10.5 Å². The van der Waals surface area contributed by atoms with Crippen molar-refractivity contribution in [2.75, 3.05) is 6.26 Å². The Hall–Kier alpha value is -1.23. The lowest BCUT2D eigenvalue weighted by molar-refractivity contribution is 0.452. The highest BCUT2D eigenvalue weighted by molar-refractivity contribution is 7.98. The number of halogens is 1. The minimum Gasteiger partial charge on any atom is -0.436 e. The number of hydrogen-bond donors (Lipinski definition) is 1. The Morgan fingerprint density at radius 1 is 1.39 bits per heavy atom. The van der Waals surface area contributed by atoms with Gasteiger partial charge >= 0.3 is 0 Å². The van der Waals surface area contributed by atoms with Crippen molar-refractivity contribution in [2.45, 2.75) is 11.4 Å². The zero-order valence-electron chi connectivity index (χ0n) is 9.89. The van der Waals surface area contributed by atoms with Crippen LogP contribution < -0.4 is 10.5 Å². The van der Waals surface area contributed by atoms with Crippen LogP contribution in [0.3, 0.4) is 0 Å². The maximum Gasteiger partial charge on any atom is 0.238 e. The summed E-state index contributed by atoms with van der Waals surface area (Å²) in [6, 6.07) is 9.52. The molecule has 0 aliphatic rings. The molecule has 0 aliphatic heterocycles. The number of nitrogens with zero attached hydrogens (tertiary/aromatic N) is 1. The average molecular weight is 281 g/mol. The van der Waals surface area contributed by atoms with Gasteiger partial charge in [0.2, 0.25) is 5.88 Å². The van der Waals surface area contributed by atoms with Gasteiger partial charge in [0.25, 0.3) is 0 Å². The molecule has 0 saturated carbocycles. The van der Waals surface area contributed by atoms with Crippen LogP contribution in [-0.4, -0.2) is 11.2 Å². The summed E-state index contributed by atoms with van der Waals surface area (Å²) >= 11 is 7.72. The monoisotopic (exact) mass is 280 g/mol. The topological polar surface area (TPSA) is 48.1 Å². The van der Waals surface area contributed by atoms with E-state index < -0.39 is 0 Å². The first-order valence-electron chi connectivity index (χ1n) is 5.40. The Bertz CT molecular complexity index is 548. The molecule has 1 aromatic carbocycles. The predicted octanol–water partition coefficient (Wildman–Crippen LogP) is 3.71. The molecule has 0 spiro atoms. The van der Waals surface area contributed by atoms with E-state index in [1.54, 1.807) is 24.0 Å². The largest absolute Gasteiger partial charge is 0.436 e. The van der Waals surface area contributed by atoms with Gasteiger partial charge in [-0.15, -0.1) is 11.8 Å². The van der Waals surface area contributed by atoms with Crippen molar-refractivity contribution in [1.82, 2.24) is 4.98 Å². The molecule has 1 heterocycles. The van der Waals surface area contributed by atoms with E-state index in [0.717, 1.165) is 16.2 Å². The van der Waals surface area contributed by atoms with Crippen molar-refractivity contribution >= 4 is 23.4 Å². The summed E-state index contributed by atoms with van der Waals surface area (Å²) in [5.74, 6) is 1.15. The van der Waals surface area contributed by atoms with E-state index in [-0.39, 0.29) is 0 Å². The molecular formula is C13H13ClN2OS. The van der Waals surface area contributed by atoms with Crippen molar-refractivity contribution < 1.29 is 4.74 Å². The fraction of sp³-hybridized carbons (Fsp3) is 0.154. The lowest BCUT2D eigenvalue weighted by Crippen LogP contribution is -1.98. The number of para-hydroxylation sites is 1. The quantitative estimate of drug-likeness (QED) is 0.868. The molecule has 0 saturated heterocycles. The highest BCUT2D eigenvalue weighted by atomic mass is 35.5. The number of aromatic nitrogens is 1. The number of rotatable bonds is 4. The molecule has 18 heavy (non-hydrogen) atoms. The molecule has 2 rings (SSSR count). The van der Waals surface area contributed by atoms with E-state index >= 15 is 0 Å². The van der Waals surface area contributed by atoms with Gasteiger partial charge in [-0.25, -0.2) is 4.98 Å². The van der Waals surface area contributed by atoms with Gasteiger partial charge in [0, 0.05) is 17.6 Å². The van der Waals surface area contributed by atoms with Gasteiger partial charge in [0.05, 0.1) is 0 Å². The second-order valence-corrected chi connectivity index (χ2v) is 4.84. The summed E-state index contributed by atoms with van der Waals surface area (Å²) in [6.45, 7) is 0.411. The zero-order valence-corrected chi connectivity index (χ0v) is 11.5. The number of benzene rings is 1. The second kappa shape index (κ2) is 6.09. The molecule has 2 N–H and O–H groups in total. The van der Waals surface area contributed by atoms with Crippen molar-refractivity contribution in [3.8, 4) is 11.6 Å². The van der Waals surface area contributed by atoms with Crippen LogP contribution in [0.4, 0.5) is 0 Å². The van der Waals surface area contributed by atoms with Crippen LogP contribution >= 0.6 is 23.4 Å². The third-order valence-electron chi connectivity index (χ3n) is 2.38. The normalized spacial score (nSPS) is 10.4. The molecule has 2 aromatic rings. The Morgan fingerprint density at radius 3 is 2.83 bits per heavy atom. The maximum atomic E-state index is 6.10. The molecule has 0 amide bonds. The number of thioether (sulfide) groups is 1. The minimum absolute atomic E-state index is 0.398. The Labute approximate surface area is 115 Å². The van der Waals surface area contributed by atoms with Crippen LogP contribution in [-0.2, 0) is 6.54 Å². The Kier molecular flexibility index (Phi) is 4.47. The van der Waals surface area contributed by atoms with Crippen molar-refractivity contribution in [3.05, 3.63) is 47.1 Å². The fourth-order valence-corrected chi connectivity index (χ4v) is 2.21. The van der Waals surface area contributed by atoms with E-state index in [9.17, 15) is 0 Å². The molecule has 0 atom stereocenters. The van der Waals surface area contributed by atoms with Crippen molar-refractivity contribution in [1.29, 1.82) is 0 Å². The first-order chi connectivity index (χ1) is 8.74. The van der Waals surface area contributed by atoms with Gasteiger partial charge in [0.1, 0.15) is 10.8 Å². The lowest BCUT2D eigenvalue weighted by atomic mass is 10.3. The highest BCUT2D eigenvalue weighted by Gasteiger charge is 2.08. The summed E-state index contributed by atoms with van der Waals surface area (Å²) in [5, 5.41) is 0.467. The summed E-state index contributed by atoms with van der Waals surface area (Å²) in [6.07, 6.45) is 3.66. The average Bonchev–Trinajstić information content (AvgIpc) is 2.41. The molecule has 0 aliphatic carbocycles. The molecule has 94 valence electrons. The van der Waals surface area contributed by atoms with E-state index in [1.807, 2.05) is 30.5 Å². The van der Waals surface area contributed by atoms with Crippen molar-refractivity contribution in [3.63, 3.8) is 0 Å². The molecule has 3 nitrogen and oxygen atoms in total. The summed E-state index contributed by atoms with van der Waals surface area (Å²) in [4.78, 5) is 5.22. The standard InChI is InChI=1S/C13H13ClN2OS/c1-18-12-5-3-2-4-11(12)17-13-10(14)6-9(7-15)8-16-13/h2-6,8H,7,15H2,1H3. The highest BCUT2D eigenvalue weighted by Crippen LogP contribution is 2.33. The van der Waals surface area contributed by atoms with Crippen LogP contribution in [0.2, 0.25) is 5.02 Å². The Balaban J connectivity index is 2.28. The van der Waals surface area contributed by atoms with Crippen LogP contribution in [0.15, 0.2) is 41.4 Å². The molecule has 0 unspecified atom stereocenters. The molecule has 0 bridgehead atoms. The minimum atomic E-state index is 0.398. The molecule has 1 aromatic heterocycles. The van der Waals surface area contributed by atoms with Crippen LogP contribution in [0.5, 0.6) is 11.6 Å². The summed E-state index contributed by atoms with van der Waals surface area (Å²) < 4.78 is 5.73. The van der Waals surface area contributed by atoms with E-state index in [0.29, 0.717) is 17.4 Å². The van der Waals surface area contributed by atoms with E-state index in [4.69, 9.17) is 22.1 Å². The predicted molar refractivity (Wildman–Crippen MR) is 75.4 cm³/mol. The third-order valence-corrected chi connectivity index (χ3v) is 3.42. The smallest absolute Gasteiger partial charge is 0.238 e. The van der Waals surface area contributed by atoms with Crippen molar-refractivity contribution in [2.24, 2.45) is 5.73 Å². The molecular weight excluding hydrogens is 268 g/mol. The van der Waals surface area contributed by atoms with Gasteiger partial charge in [0.15, 0.2) is 0 Å². The van der Waals surface area contributed by atoms with Crippen LogP contribution in [0.1, 0.15) is 5.56 Å². The Morgan fingerprint density at radius 2 is 2.17 bits per heavy atom. The summed E-state index contributed by atoms with van der Waals surface area (Å²) in [7, 11) is 0. The first kappa shape index (κ1) is 13.2. The number of hydrogen-bond acceptors (Lipinski definition) is 4. The maximum absolute atomic E-state index is 6.10. The van der Waals surface area contributed by atoms with Crippen LogP contribution in [0.25, 0.3) is 0 Å². The lowest BCUT2D eigenvalue weighted by Gasteiger charge is -2.10. The molecule has 0 fully saturated rings. The van der Waals surface area contributed by atoms with Gasteiger partial charge in [-0.05, 0) is 30.0 Å². The van der Waals surface area contributed by atoms with Gasteiger partial charge in [-0.1, -0.05) is 23.7 Å². The fourth-order valence-electron chi connectivity index (χ4n) is 1.46. The second-order valence-electron chi connectivity index (χ2n) is 3.59. The van der Waals surface area contributed by atoms with E-state index in [2.05, 4.69) is 4.98 Å². The molecule has 0 radical (unpaired) electrons. The number of pyridine rings is 1. The van der Waals surface area contributed by atoms with E-state index in [1.165, 1.54) is 0 Å². The van der Waals surface area contributed by atoms with Gasteiger partial charge in [-0.3, -0.25) is 0 Å². The number of ether oxygens (including phenoxy) is 1. The summed E-state index contributed by atoms with van der Waals surface area (Å²) in [5.41, 5.74) is 6.40. The first-order valence-corrected chi connectivity index (χ1v) is 7.00. The number of nitrogens with two attached hydrogens (primary N) is 1. The molecule has 5 heteroatoms. The zero-order chi connectivity index (χ0) is 13.0. The third kappa shape index (κ3) is 2.96. The van der Waals surface area contributed by atoms with Crippen LogP contribution in [0, 0.1) is 0 Å². The van der Waals surface area contributed by atoms with Gasteiger partial charge in [-0.2, -0.15) is 0 Å².